The summed E-state index contributed by atoms with van der Waals surface area (Å²) in [6, 6.07) is 3.46. The molecule has 1 aliphatic rings. The van der Waals surface area contributed by atoms with Gasteiger partial charge in [-0.25, -0.2) is 0 Å². The summed E-state index contributed by atoms with van der Waals surface area (Å²) in [5.41, 5.74) is 0. The number of rotatable bonds is 4. The van der Waals surface area contributed by atoms with Crippen molar-refractivity contribution in [2.45, 2.75) is 18.6 Å². The Balaban J connectivity index is 2.03. The molecule has 5 nitrogen and oxygen atoms in total. The highest BCUT2D eigenvalue weighted by Gasteiger charge is 2.29. The van der Waals surface area contributed by atoms with E-state index in [-0.39, 0.29) is 12.5 Å². The summed E-state index contributed by atoms with van der Waals surface area (Å²) in [5, 5.41) is 9.02. The van der Waals surface area contributed by atoms with Crippen molar-refractivity contribution in [2.24, 2.45) is 5.92 Å². The molecule has 0 bridgehead atoms. The second-order valence-electron chi connectivity index (χ2n) is 4.63. The van der Waals surface area contributed by atoms with Crippen molar-refractivity contribution >= 4 is 23.6 Å². The monoisotopic (exact) mass is 283 g/mol. The van der Waals surface area contributed by atoms with Gasteiger partial charge in [-0.1, -0.05) is 0 Å². The van der Waals surface area contributed by atoms with Gasteiger partial charge in [0, 0.05) is 13.1 Å². The third-order valence-electron chi connectivity index (χ3n) is 3.22. The summed E-state index contributed by atoms with van der Waals surface area (Å²) in [6.07, 6.45) is 3.32. The topological polar surface area (TPSA) is 70.8 Å². The van der Waals surface area contributed by atoms with Crippen LogP contribution in [-0.2, 0) is 10.5 Å². The normalized spacial score (nSPS) is 19.4. The van der Waals surface area contributed by atoms with Gasteiger partial charge in [-0.3, -0.25) is 9.59 Å². The molecule has 0 saturated carbocycles. The first-order valence-electron chi connectivity index (χ1n) is 6.21. The van der Waals surface area contributed by atoms with E-state index in [9.17, 15) is 9.59 Å². The number of carboxylic acid groups (broad SMARTS) is 1. The van der Waals surface area contributed by atoms with E-state index in [1.54, 1.807) is 28.8 Å². The van der Waals surface area contributed by atoms with Crippen molar-refractivity contribution < 1.29 is 19.1 Å². The molecule has 6 heteroatoms. The number of likely N-dealkylation sites (tertiary alicyclic amines) is 1. The number of piperidine rings is 1. The van der Waals surface area contributed by atoms with Crippen LogP contribution in [0.5, 0.6) is 0 Å². The average molecular weight is 283 g/mol. The van der Waals surface area contributed by atoms with Gasteiger partial charge in [-0.05, 0) is 31.2 Å². The van der Waals surface area contributed by atoms with Crippen LogP contribution in [0.3, 0.4) is 0 Å². The fourth-order valence-corrected chi connectivity index (χ4v) is 2.67. The number of hydrogen-bond acceptors (Lipinski definition) is 4. The number of carbonyl (C=O) groups is 2. The van der Waals surface area contributed by atoms with E-state index in [2.05, 4.69) is 0 Å². The molecule has 104 valence electrons. The fraction of sp³-hybridized carbons (Fsp3) is 0.538. The largest absolute Gasteiger partial charge is 0.481 e. The van der Waals surface area contributed by atoms with Crippen LogP contribution >= 0.6 is 11.8 Å². The van der Waals surface area contributed by atoms with E-state index >= 15 is 0 Å². The summed E-state index contributed by atoms with van der Waals surface area (Å²) >= 11 is 1.62. The Morgan fingerprint density at radius 3 is 3.00 bits per heavy atom. The Morgan fingerprint density at radius 1 is 1.53 bits per heavy atom. The van der Waals surface area contributed by atoms with Gasteiger partial charge in [-0.15, -0.1) is 0 Å². The van der Waals surface area contributed by atoms with Crippen LogP contribution in [0.4, 0.5) is 0 Å². The SMILES string of the molecule is CSCc1ccc(C(=O)N2CCCC(C(=O)O)C2)o1. The Morgan fingerprint density at radius 2 is 2.32 bits per heavy atom. The zero-order valence-corrected chi connectivity index (χ0v) is 11.6. The Labute approximate surface area is 116 Å². The Bertz CT molecular complexity index is 471. The molecule has 1 fully saturated rings. The molecule has 2 heterocycles. The summed E-state index contributed by atoms with van der Waals surface area (Å²) in [6.45, 7) is 0.869. The van der Waals surface area contributed by atoms with Gasteiger partial charge in [0.05, 0.1) is 11.7 Å². The molecule has 1 aromatic rings. The predicted octanol–water partition coefficient (Wildman–Crippen LogP) is 2.08. The number of carboxylic acids is 1. The molecule has 1 atom stereocenters. The molecule has 2 rings (SSSR count). The van der Waals surface area contributed by atoms with Gasteiger partial charge < -0.3 is 14.4 Å². The minimum Gasteiger partial charge on any atom is -0.481 e. The third-order valence-corrected chi connectivity index (χ3v) is 3.79. The van der Waals surface area contributed by atoms with E-state index in [1.807, 2.05) is 6.26 Å². The second kappa shape index (κ2) is 6.14. The van der Waals surface area contributed by atoms with Gasteiger partial charge in [0.15, 0.2) is 5.76 Å². The van der Waals surface area contributed by atoms with Crippen LogP contribution in [0.25, 0.3) is 0 Å². The van der Waals surface area contributed by atoms with Crippen LogP contribution in [0.15, 0.2) is 16.5 Å². The van der Waals surface area contributed by atoms with E-state index in [0.29, 0.717) is 18.7 Å². The maximum Gasteiger partial charge on any atom is 0.308 e. The highest BCUT2D eigenvalue weighted by atomic mass is 32.2. The molecule has 19 heavy (non-hydrogen) atoms. The lowest BCUT2D eigenvalue weighted by atomic mass is 9.98. The highest BCUT2D eigenvalue weighted by Crippen LogP contribution is 2.20. The number of furan rings is 1. The molecule has 1 saturated heterocycles. The predicted molar refractivity (Wildman–Crippen MR) is 72.2 cm³/mol. The number of nitrogens with zero attached hydrogens (tertiary/aromatic N) is 1. The van der Waals surface area contributed by atoms with Crippen LogP contribution in [0, 0.1) is 5.92 Å². The maximum absolute atomic E-state index is 12.2. The second-order valence-corrected chi connectivity index (χ2v) is 5.49. The van der Waals surface area contributed by atoms with E-state index < -0.39 is 11.9 Å². The van der Waals surface area contributed by atoms with Crippen LogP contribution in [-0.4, -0.2) is 41.2 Å². The summed E-state index contributed by atoms with van der Waals surface area (Å²) in [4.78, 5) is 24.8. The Kier molecular flexibility index (Phi) is 4.52. The molecule has 0 spiro atoms. The minimum absolute atomic E-state index is 0.210. The molecule has 0 aromatic carbocycles. The highest BCUT2D eigenvalue weighted by molar-refractivity contribution is 7.97. The number of aliphatic carboxylic acids is 1. The molecular formula is C13H17NO4S. The van der Waals surface area contributed by atoms with Crippen molar-refractivity contribution in [3.8, 4) is 0 Å². The van der Waals surface area contributed by atoms with Crippen molar-refractivity contribution in [1.82, 2.24) is 4.90 Å². The standard InChI is InChI=1S/C13H17NO4S/c1-19-8-10-4-5-11(18-10)12(15)14-6-2-3-9(7-14)13(16)17/h4-5,9H,2-3,6-8H2,1H3,(H,16,17). The van der Waals surface area contributed by atoms with E-state index in [0.717, 1.165) is 17.9 Å². The lowest BCUT2D eigenvalue weighted by molar-refractivity contribution is -0.143. The van der Waals surface area contributed by atoms with Crippen molar-refractivity contribution in [3.63, 3.8) is 0 Å². The molecule has 1 unspecified atom stereocenters. The lowest BCUT2D eigenvalue weighted by Gasteiger charge is -2.29. The molecule has 1 aliphatic heterocycles. The summed E-state index contributed by atoms with van der Waals surface area (Å²) in [7, 11) is 0. The molecule has 0 aliphatic carbocycles. The first-order valence-corrected chi connectivity index (χ1v) is 7.61. The number of hydrogen-bond donors (Lipinski definition) is 1. The van der Waals surface area contributed by atoms with Gasteiger partial charge in [0.2, 0.25) is 0 Å². The first kappa shape index (κ1) is 14.0. The first-order chi connectivity index (χ1) is 9.11. The minimum atomic E-state index is -0.833. The van der Waals surface area contributed by atoms with Gasteiger partial charge in [0.25, 0.3) is 5.91 Å². The summed E-state index contributed by atoms with van der Waals surface area (Å²) in [5.74, 6) is 0.291. The fourth-order valence-electron chi connectivity index (χ4n) is 2.23. The zero-order chi connectivity index (χ0) is 13.8. The van der Waals surface area contributed by atoms with Crippen LogP contribution in [0.1, 0.15) is 29.2 Å². The Hall–Kier alpha value is -1.43. The zero-order valence-electron chi connectivity index (χ0n) is 10.8. The molecular weight excluding hydrogens is 266 g/mol. The maximum atomic E-state index is 12.2. The van der Waals surface area contributed by atoms with Crippen LogP contribution in [0.2, 0.25) is 0 Å². The number of thioether (sulfide) groups is 1. The van der Waals surface area contributed by atoms with Crippen molar-refractivity contribution in [1.29, 1.82) is 0 Å². The van der Waals surface area contributed by atoms with Crippen LogP contribution < -0.4 is 0 Å². The molecule has 0 radical (unpaired) electrons. The van der Waals surface area contributed by atoms with Crippen molar-refractivity contribution in [2.75, 3.05) is 19.3 Å². The molecule has 1 aromatic heterocycles. The van der Waals surface area contributed by atoms with E-state index in [1.165, 1.54) is 0 Å². The van der Waals surface area contributed by atoms with Gasteiger partial charge in [0.1, 0.15) is 5.76 Å². The van der Waals surface area contributed by atoms with Crippen molar-refractivity contribution in [3.05, 3.63) is 23.7 Å². The number of carbonyl (C=O) groups excluding carboxylic acids is 1. The third kappa shape index (κ3) is 3.32. The quantitative estimate of drug-likeness (QED) is 0.916. The van der Waals surface area contributed by atoms with E-state index in [4.69, 9.17) is 9.52 Å². The van der Waals surface area contributed by atoms with Gasteiger partial charge >= 0.3 is 5.97 Å². The molecule has 1 amide bonds. The smallest absolute Gasteiger partial charge is 0.308 e. The lowest BCUT2D eigenvalue weighted by Crippen LogP contribution is -2.42. The average Bonchev–Trinajstić information content (AvgIpc) is 2.87. The van der Waals surface area contributed by atoms with Gasteiger partial charge in [-0.2, -0.15) is 11.8 Å². The number of amides is 1. The molecule has 1 N–H and O–H groups in total. The summed E-state index contributed by atoms with van der Waals surface area (Å²) < 4.78 is 5.48.